The molecule has 0 saturated carbocycles. The number of aryl methyl sites for hydroxylation is 1. The summed E-state index contributed by atoms with van der Waals surface area (Å²) in [5, 5.41) is 5.92. The maximum atomic E-state index is 6.07. The van der Waals surface area contributed by atoms with Gasteiger partial charge in [-0.2, -0.15) is 5.10 Å². The first kappa shape index (κ1) is 12.4. The molecule has 0 saturated heterocycles. The van der Waals surface area contributed by atoms with Gasteiger partial charge >= 0.3 is 0 Å². The molecule has 19 heavy (non-hydrogen) atoms. The predicted octanol–water partition coefficient (Wildman–Crippen LogP) is 3.73. The largest absolute Gasteiger partial charge is 0.396 e. The lowest BCUT2D eigenvalue weighted by atomic mass is 10.1. The van der Waals surface area contributed by atoms with E-state index in [2.05, 4.69) is 26.0 Å². The van der Waals surface area contributed by atoms with E-state index in [0.717, 1.165) is 26.8 Å². The normalized spacial score (nSPS) is 11.1. The molecule has 6 heteroatoms. The number of hydrogen-bond donors (Lipinski definition) is 1. The summed E-state index contributed by atoms with van der Waals surface area (Å²) in [6.07, 6.45) is 3.39. The Morgan fingerprint density at radius 3 is 2.84 bits per heavy atom. The summed E-state index contributed by atoms with van der Waals surface area (Å²) in [5.41, 5.74) is 9.02. The van der Waals surface area contributed by atoms with E-state index < -0.39 is 0 Å². The molecule has 2 aromatic heterocycles. The van der Waals surface area contributed by atoms with Crippen molar-refractivity contribution in [2.75, 3.05) is 5.73 Å². The van der Waals surface area contributed by atoms with Crippen molar-refractivity contribution in [1.29, 1.82) is 0 Å². The van der Waals surface area contributed by atoms with Crippen LogP contribution in [-0.4, -0.2) is 14.8 Å². The summed E-state index contributed by atoms with van der Waals surface area (Å²) < 4.78 is 2.66. The minimum Gasteiger partial charge on any atom is -0.396 e. The summed E-state index contributed by atoms with van der Waals surface area (Å²) in [6.45, 7) is 1.86. The van der Waals surface area contributed by atoms with Crippen molar-refractivity contribution in [2.24, 2.45) is 0 Å². The number of halogens is 2. The highest BCUT2D eigenvalue weighted by atomic mass is 79.9. The van der Waals surface area contributed by atoms with Crippen LogP contribution in [0.4, 0.5) is 5.69 Å². The number of nitrogens with two attached hydrogens (primary N) is 1. The molecular weight excluding hydrogens is 328 g/mol. The van der Waals surface area contributed by atoms with Crippen LogP contribution in [-0.2, 0) is 0 Å². The molecule has 3 rings (SSSR count). The summed E-state index contributed by atoms with van der Waals surface area (Å²) in [6, 6.07) is 5.84. The lowest BCUT2D eigenvalue weighted by Gasteiger charge is -2.09. The van der Waals surface area contributed by atoms with Crippen molar-refractivity contribution in [3.63, 3.8) is 0 Å². The average Bonchev–Trinajstić information content (AvgIpc) is 2.68. The second-order valence-electron chi connectivity index (χ2n) is 4.23. The monoisotopic (exact) mass is 336 g/mol. The van der Waals surface area contributed by atoms with E-state index >= 15 is 0 Å². The first-order valence-corrected chi connectivity index (χ1v) is 6.79. The maximum Gasteiger partial charge on any atom is 0.0985 e. The van der Waals surface area contributed by atoms with Crippen LogP contribution in [0, 0.1) is 6.92 Å². The molecule has 0 unspecified atom stereocenters. The van der Waals surface area contributed by atoms with E-state index in [-0.39, 0.29) is 0 Å². The molecule has 0 atom stereocenters. The molecule has 0 fully saturated rings. The molecule has 0 amide bonds. The number of aromatic nitrogens is 3. The van der Waals surface area contributed by atoms with Crippen LogP contribution in [0.1, 0.15) is 5.69 Å². The molecule has 3 aromatic rings. The zero-order valence-electron chi connectivity index (χ0n) is 10.1. The van der Waals surface area contributed by atoms with Gasteiger partial charge in [0.1, 0.15) is 0 Å². The average molecular weight is 338 g/mol. The SMILES string of the molecule is Cc1nn(-c2c(N)cnc3ccc(Br)cc23)cc1Cl. The molecule has 2 heterocycles. The van der Waals surface area contributed by atoms with Crippen LogP contribution in [0.3, 0.4) is 0 Å². The number of anilines is 1. The summed E-state index contributed by atoms with van der Waals surface area (Å²) in [7, 11) is 0. The third kappa shape index (κ3) is 2.09. The molecule has 0 aliphatic rings. The van der Waals surface area contributed by atoms with Crippen LogP contribution in [0.15, 0.2) is 35.1 Å². The van der Waals surface area contributed by atoms with E-state index in [4.69, 9.17) is 17.3 Å². The van der Waals surface area contributed by atoms with Gasteiger partial charge < -0.3 is 5.73 Å². The van der Waals surface area contributed by atoms with Crippen molar-refractivity contribution >= 4 is 44.1 Å². The van der Waals surface area contributed by atoms with Gasteiger partial charge in [-0.1, -0.05) is 27.5 Å². The van der Waals surface area contributed by atoms with E-state index in [0.29, 0.717) is 10.7 Å². The van der Waals surface area contributed by atoms with Crippen molar-refractivity contribution in [1.82, 2.24) is 14.8 Å². The van der Waals surface area contributed by atoms with E-state index in [1.807, 2.05) is 25.1 Å². The molecule has 0 aliphatic heterocycles. The summed E-state index contributed by atoms with van der Waals surface area (Å²) in [4.78, 5) is 4.32. The Balaban J connectivity index is 2.38. The number of pyridine rings is 1. The Hall–Kier alpha value is -1.59. The quantitative estimate of drug-likeness (QED) is 0.736. The van der Waals surface area contributed by atoms with Gasteiger partial charge in [0.2, 0.25) is 0 Å². The fourth-order valence-electron chi connectivity index (χ4n) is 1.98. The molecule has 2 N–H and O–H groups in total. The van der Waals surface area contributed by atoms with Gasteiger partial charge in [0.05, 0.1) is 33.8 Å². The van der Waals surface area contributed by atoms with Gasteiger partial charge in [0.15, 0.2) is 0 Å². The lowest BCUT2D eigenvalue weighted by molar-refractivity contribution is 0.870. The van der Waals surface area contributed by atoms with Gasteiger partial charge in [-0.05, 0) is 25.1 Å². The van der Waals surface area contributed by atoms with Gasteiger partial charge in [-0.25, -0.2) is 4.68 Å². The smallest absolute Gasteiger partial charge is 0.0985 e. The summed E-state index contributed by atoms with van der Waals surface area (Å²) in [5.74, 6) is 0. The molecule has 0 radical (unpaired) electrons. The Labute approximate surface area is 123 Å². The van der Waals surface area contributed by atoms with E-state index in [1.165, 1.54) is 0 Å². The molecule has 0 bridgehead atoms. The fourth-order valence-corrected chi connectivity index (χ4v) is 2.47. The number of nitrogen functional groups attached to an aromatic ring is 1. The van der Waals surface area contributed by atoms with Gasteiger partial charge in [0, 0.05) is 16.1 Å². The number of nitrogens with zero attached hydrogens (tertiary/aromatic N) is 3. The van der Waals surface area contributed by atoms with Crippen LogP contribution in [0.25, 0.3) is 16.6 Å². The van der Waals surface area contributed by atoms with E-state index in [1.54, 1.807) is 17.1 Å². The highest BCUT2D eigenvalue weighted by Crippen LogP contribution is 2.29. The highest BCUT2D eigenvalue weighted by molar-refractivity contribution is 9.10. The van der Waals surface area contributed by atoms with Crippen molar-refractivity contribution in [3.05, 3.63) is 45.8 Å². The molecule has 0 spiro atoms. The maximum absolute atomic E-state index is 6.07. The van der Waals surface area contributed by atoms with Crippen molar-refractivity contribution < 1.29 is 0 Å². The molecular formula is C13H10BrClN4. The fraction of sp³-hybridized carbons (Fsp3) is 0.0769. The van der Waals surface area contributed by atoms with E-state index in [9.17, 15) is 0 Å². The van der Waals surface area contributed by atoms with Crippen LogP contribution < -0.4 is 5.73 Å². The van der Waals surface area contributed by atoms with Crippen molar-refractivity contribution in [2.45, 2.75) is 6.92 Å². The minimum atomic E-state index is 0.560. The van der Waals surface area contributed by atoms with Crippen molar-refractivity contribution in [3.8, 4) is 5.69 Å². The first-order chi connectivity index (χ1) is 9.06. The highest BCUT2D eigenvalue weighted by Gasteiger charge is 2.12. The van der Waals surface area contributed by atoms with Crippen LogP contribution in [0.2, 0.25) is 5.02 Å². The number of hydrogen-bond acceptors (Lipinski definition) is 3. The van der Waals surface area contributed by atoms with Crippen LogP contribution >= 0.6 is 27.5 Å². The number of benzene rings is 1. The second kappa shape index (κ2) is 4.51. The molecule has 4 nitrogen and oxygen atoms in total. The van der Waals surface area contributed by atoms with Gasteiger partial charge in [-0.15, -0.1) is 0 Å². The molecule has 1 aromatic carbocycles. The zero-order valence-corrected chi connectivity index (χ0v) is 12.4. The Bertz CT molecular complexity index is 757. The second-order valence-corrected chi connectivity index (χ2v) is 5.55. The number of rotatable bonds is 1. The first-order valence-electron chi connectivity index (χ1n) is 5.62. The third-order valence-electron chi connectivity index (χ3n) is 2.90. The Kier molecular flexibility index (Phi) is 2.95. The topological polar surface area (TPSA) is 56.7 Å². The lowest BCUT2D eigenvalue weighted by Crippen LogP contribution is -2.02. The number of fused-ring (bicyclic) bond motifs is 1. The third-order valence-corrected chi connectivity index (χ3v) is 3.76. The standard InChI is InChI=1S/C13H10BrClN4/c1-7-10(15)6-19(18-7)13-9-4-8(14)2-3-12(9)17-5-11(13)16/h2-6H,16H2,1H3. The predicted molar refractivity (Wildman–Crippen MR) is 80.7 cm³/mol. The summed E-state index contributed by atoms with van der Waals surface area (Å²) >= 11 is 9.52. The van der Waals surface area contributed by atoms with Gasteiger partial charge in [0.25, 0.3) is 0 Å². The molecule has 0 aliphatic carbocycles. The van der Waals surface area contributed by atoms with Crippen LogP contribution in [0.5, 0.6) is 0 Å². The Morgan fingerprint density at radius 1 is 1.37 bits per heavy atom. The molecule has 96 valence electrons. The van der Waals surface area contributed by atoms with Gasteiger partial charge in [-0.3, -0.25) is 4.98 Å². The Morgan fingerprint density at radius 2 is 2.16 bits per heavy atom. The zero-order chi connectivity index (χ0) is 13.6. The minimum absolute atomic E-state index is 0.560.